The van der Waals surface area contributed by atoms with Gasteiger partial charge in [0.2, 0.25) is 10.0 Å². The van der Waals surface area contributed by atoms with Crippen molar-refractivity contribution in [2.24, 2.45) is 0 Å². The summed E-state index contributed by atoms with van der Waals surface area (Å²) in [5, 5.41) is 0. The van der Waals surface area contributed by atoms with Crippen molar-refractivity contribution in [3.63, 3.8) is 0 Å². The number of unbranched alkanes of at least 4 members (excludes halogenated alkanes) is 7. The van der Waals surface area contributed by atoms with Crippen molar-refractivity contribution >= 4 is 10.0 Å². The molecule has 0 unspecified atom stereocenters. The Labute approximate surface area is 167 Å². The van der Waals surface area contributed by atoms with Gasteiger partial charge in [0.1, 0.15) is 6.54 Å². The summed E-state index contributed by atoms with van der Waals surface area (Å²) >= 11 is 0. The van der Waals surface area contributed by atoms with Crippen molar-refractivity contribution in [3.8, 4) is 0 Å². The lowest BCUT2D eigenvalue weighted by molar-refractivity contribution is -0.925. The number of benzene rings is 1. The third-order valence-corrected chi connectivity index (χ3v) is 7.79. The maximum Gasteiger partial charge on any atom is 0.214 e. The van der Waals surface area contributed by atoms with Gasteiger partial charge >= 0.3 is 0 Å². The molecule has 1 aromatic carbocycles. The number of hydrogen-bond donors (Lipinski definition) is 0. The lowest BCUT2D eigenvalue weighted by Crippen LogP contribution is -2.57. The van der Waals surface area contributed by atoms with Crippen LogP contribution in [0.15, 0.2) is 30.3 Å². The van der Waals surface area contributed by atoms with E-state index in [9.17, 15) is 8.42 Å². The van der Waals surface area contributed by atoms with E-state index in [2.05, 4.69) is 38.2 Å². The fourth-order valence-corrected chi connectivity index (χ4v) is 5.48. The Hall–Kier alpha value is -0.910. The van der Waals surface area contributed by atoms with E-state index < -0.39 is 10.0 Å². The molecule has 0 atom stereocenters. The topological polar surface area (TPSA) is 37.4 Å². The van der Waals surface area contributed by atoms with Crippen molar-refractivity contribution in [2.45, 2.75) is 64.8 Å². The number of nitrogens with zero attached hydrogens (tertiary/aromatic N) is 2. The lowest BCUT2D eigenvalue weighted by Gasteiger charge is -2.41. The number of piperazine rings is 1. The number of sulfonamides is 1. The van der Waals surface area contributed by atoms with Crippen molar-refractivity contribution < 1.29 is 12.9 Å². The number of likely N-dealkylation sites (N-methyl/N-ethyl adjacent to an activating group) is 1. The van der Waals surface area contributed by atoms with Gasteiger partial charge in [-0.25, -0.2) is 8.42 Å². The van der Waals surface area contributed by atoms with Crippen LogP contribution in [0.3, 0.4) is 0 Å². The van der Waals surface area contributed by atoms with E-state index in [-0.39, 0.29) is 0 Å². The normalized spacial score (nSPS) is 17.9. The van der Waals surface area contributed by atoms with Crippen molar-refractivity contribution in [1.29, 1.82) is 0 Å². The van der Waals surface area contributed by atoms with E-state index >= 15 is 0 Å². The molecule has 2 rings (SSSR count). The van der Waals surface area contributed by atoms with Crippen LogP contribution >= 0.6 is 0 Å². The maximum absolute atomic E-state index is 12.6. The molecule has 5 heteroatoms. The molecule has 154 valence electrons. The summed E-state index contributed by atoms with van der Waals surface area (Å²) in [6.07, 6.45) is 9.49. The fraction of sp³-hybridized carbons (Fsp3) is 0.727. The Kier molecular flexibility index (Phi) is 9.27. The fourth-order valence-electron chi connectivity index (χ4n) is 3.94. The summed E-state index contributed by atoms with van der Waals surface area (Å²) in [7, 11) is -0.839. The van der Waals surface area contributed by atoms with E-state index in [0.29, 0.717) is 18.8 Å². The first-order valence-electron chi connectivity index (χ1n) is 10.8. The van der Waals surface area contributed by atoms with E-state index in [1.165, 1.54) is 44.1 Å². The smallest absolute Gasteiger partial charge is 0.214 e. The first-order chi connectivity index (χ1) is 13.0. The molecule has 1 saturated heterocycles. The molecule has 0 N–H and O–H groups in total. The predicted octanol–water partition coefficient (Wildman–Crippen LogP) is 4.42. The van der Waals surface area contributed by atoms with E-state index in [1.54, 1.807) is 4.31 Å². The van der Waals surface area contributed by atoms with Gasteiger partial charge in [0.25, 0.3) is 0 Å². The van der Waals surface area contributed by atoms with E-state index in [0.717, 1.165) is 37.0 Å². The molecule has 0 saturated carbocycles. The van der Waals surface area contributed by atoms with Gasteiger partial charge in [-0.15, -0.1) is 0 Å². The van der Waals surface area contributed by atoms with Crippen LogP contribution < -0.4 is 0 Å². The molecule has 1 heterocycles. The third kappa shape index (κ3) is 7.92. The molecular formula is C22H39N2O2S+. The highest BCUT2D eigenvalue weighted by Gasteiger charge is 2.34. The van der Waals surface area contributed by atoms with Gasteiger partial charge in [0, 0.05) is 5.56 Å². The van der Waals surface area contributed by atoms with Gasteiger partial charge in [-0.05, 0) is 6.42 Å². The van der Waals surface area contributed by atoms with Gasteiger partial charge in [0.05, 0.1) is 39.0 Å². The van der Waals surface area contributed by atoms with Gasteiger partial charge in [0.15, 0.2) is 0 Å². The molecule has 1 aliphatic heterocycles. The first-order valence-corrected chi connectivity index (χ1v) is 12.4. The number of rotatable bonds is 12. The molecule has 0 spiro atoms. The summed E-state index contributed by atoms with van der Waals surface area (Å²) in [5.41, 5.74) is 1.33. The van der Waals surface area contributed by atoms with Crippen LogP contribution in [-0.2, 0) is 16.6 Å². The first kappa shape index (κ1) is 22.4. The summed E-state index contributed by atoms with van der Waals surface area (Å²) in [6.45, 7) is 6.31. The van der Waals surface area contributed by atoms with Crippen LogP contribution in [-0.4, -0.2) is 56.2 Å². The molecule has 1 aromatic rings. The van der Waals surface area contributed by atoms with Crippen LogP contribution in [0.25, 0.3) is 0 Å². The zero-order valence-corrected chi connectivity index (χ0v) is 18.2. The Balaban J connectivity index is 1.68. The van der Waals surface area contributed by atoms with Crippen molar-refractivity contribution in [1.82, 2.24) is 4.31 Å². The van der Waals surface area contributed by atoms with Gasteiger partial charge < -0.3 is 4.48 Å². The Bertz CT molecular complexity index is 623. The van der Waals surface area contributed by atoms with Gasteiger partial charge in [-0.2, -0.15) is 4.31 Å². The minimum atomic E-state index is -3.08. The average Bonchev–Trinajstić information content (AvgIpc) is 2.65. The standard InChI is InChI=1S/C22H39N2O2S/c1-3-4-5-6-7-8-9-13-20-27(25,26)23-16-18-24(2,19-17-23)21-22-14-11-10-12-15-22/h10-12,14-15H,3-9,13,16-21H2,1-2H3/q+1. The highest BCUT2D eigenvalue weighted by Crippen LogP contribution is 2.19. The second-order valence-corrected chi connectivity index (χ2v) is 10.5. The number of hydrogen-bond acceptors (Lipinski definition) is 2. The summed E-state index contributed by atoms with van der Waals surface area (Å²) in [4.78, 5) is 0. The van der Waals surface area contributed by atoms with Crippen LogP contribution in [0.1, 0.15) is 63.9 Å². The summed E-state index contributed by atoms with van der Waals surface area (Å²) < 4.78 is 28.0. The quantitative estimate of drug-likeness (QED) is 0.388. The highest BCUT2D eigenvalue weighted by atomic mass is 32.2. The molecule has 0 aromatic heterocycles. The number of quaternary nitrogens is 1. The molecule has 0 aliphatic carbocycles. The predicted molar refractivity (Wildman–Crippen MR) is 114 cm³/mol. The van der Waals surface area contributed by atoms with Crippen LogP contribution in [0.4, 0.5) is 0 Å². The van der Waals surface area contributed by atoms with E-state index in [4.69, 9.17) is 0 Å². The molecule has 0 amide bonds. The van der Waals surface area contributed by atoms with Gasteiger partial charge in [-0.1, -0.05) is 82.2 Å². The Morgan fingerprint density at radius 2 is 1.44 bits per heavy atom. The summed E-state index contributed by atoms with van der Waals surface area (Å²) in [6, 6.07) is 10.5. The minimum Gasteiger partial charge on any atom is -0.320 e. The second-order valence-electron chi connectivity index (χ2n) is 8.40. The monoisotopic (exact) mass is 395 g/mol. The second kappa shape index (κ2) is 11.2. The molecule has 1 fully saturated rings. The molecule has 1 aliphatic rings. The van der Waals surface area contributed by atoms with Crippen LogP contribution in [0.2, 0.25) is 0 Å². The molecule has 0 radical (unpaired) electrons. The molecule has 4 nitrogen and oxygen atoms in total. The SMILES string of the molecule is CCCCCCCCCCS(=O)(=O)N1CC[N+](C)(Cc2ccccc2)CC1. The molecule has 27 heavy (non-hydrogen) atoms. The van der Waals surface area contributed by atoms with Crippen molar-refractivity contribution in [3.05, 3.63) is 35.9 Å². The van der Waals surface area contributed by atoms with Gasteiger partial charge in [-0.3, -0.25) is 0 Å². The zero-order valence-electron chi connectivity index (χ0n) is 17.4. The Morgan fingerprint density at radius 3 is 2.04 bits per heavy atom. The zero-order chi connectivity index (χ0) is 19.6. The molecular weight excluding hydrogens is 356 g/mol. The van der Waals surface area contributed by atoms with Crippen LogP contribution in [0, 0.1) is 0 Å². The van der Waals surface area contributed by atoms with Crippen molar-refractivity contribution in [2.75, 3.05) is 39.0 Å². The summed E-state index contributed by atoms with van der Waals surface area (Å²) in [5.74, 6) is 0.324. The lowest BCUT2D eigenvalue weighted by atomic mass is 10.1. The highest BCUT2D eigenvalue weighted by molar-refractivity contribution is 7.89. The third-order valence-electron chi connectivity index (χ3n) is 5.83. The minimum absolute atomic E-state index is 0.324. The Morgan fingerprint density at radius 1 is 0.889 bits per heavy atom. The maximum atomic E-state index is 12.6. The molecule has 0 bridgehead atoms. The van der Waals surface area contributed by atoms with E-state index in [1.807, 2.05) is 6.07 Å². The largest absolute Gasteiger partial charge is 0.320 e. The average molecular weight is 396 g/mol. The van der Waals surface area contributed by atoms with Crippen LogP contribution in [0.5, 0.6) is 0 Å².